The van der Waals surface area contributed by atoms with E-state index in [1.165, 1.54) is 12.1 Å². The Bertz CT molecular complexity index is 1200. The van der Waals surface area contributed by atoms with E-state index in [2.05, 4.69) is 10.0 Å². The van der Waals surface area contributed by atoms with Gasteiger partial charge in [-0.1, -0.05) is 42.8 Å². The molecule has 3 aromatic rings. The topological polar surface area (TPSA) is 84.5 Å². The number of hydrogen-bond acceptors (Lipinski definition) is 4. The van der Waals surface area contributed by atoms with Gasteiger partial charge in [-0.25, -0.2) is 8.42 Å². The molecule has 1 amide bonds. The van der Waals surface area contributed by atoms with Crippen molar-refractivity contribution in [2.24, 2.45) is 0 Å². The van der Waals surface area contributed by atoms with Crippen LogP contribution in [0.15, 0.2) is 71.6 Å². The summed E-state index contributed by atoms with van der Waals surface area (Å²) >= 11 is 0. The highest BCUT2D eigenvalue weighted by atomic mass is 32.2. The van der Waals surface area contributed by atoms with Gasteiger partial charge in [-0.2, -0.15) is 0 Å². The number of ether oxygens (including phenoxy) is 1. The molecule has 1 atom stereocenters. The number of carbonyl (C=O) groups excluding carboxylic acids is 1. The lowest BCUT2D eigenvalue weighted by atomic mass is 10.1. The Labute approximate surface area is 189 Å². The van der Waals surface area contributed by atoms with Gasteiger partial charge in [-0.05, 0) is 74.7 Å². The summed E-state index contributed by atoms with van der Waals surface area (Å²) in [7, 11) is -3.75. The molecular formula is C25H28N2O4S. The summed E-state index contributed by atoms with van der Waals surface area (Å²) in [4.78, 5) is 12.6. The van der Waals surface area contributed by atoms with E-state index in [1.54, 1.807) is 25.1 Å². The molecule has 6 nitrogen and oxygen atoms in total. The molecule has 0 saturated heterocycles. The molecule has 2 N–H and O–H groups in total. The lowest BCUT2D eigenvalue weighted by molar-refractivity contribution is -0.122. The van der Waals surface area contributed by atoms with Crippen molar-refractivity contribution < 1.29 is 17.9 Å². The number of rotatable bonds is 8. The minimum Gasteiger partial charge on any atom is -0.481 e. The van der Waals surface area contributed by atoms with E-state index in [1.807, 2.05) is 57.2 Å². The number of para-hydroxylation sites is 1. The van der Waals surface area contributed by atoms with E-state index in [4.69, 9.17) is 4.74 Å². The van der Waals surface area contributed by atoms with Crippen molar-refractivity contribution in [2.45, 2.75) is 45.1 Å². The summed E-state index contributed by atoms with van der Waals surface area (Å²) in [5.74, 6) is 0.358. The van der Waals surface area contributed by atoms with Crippen molar-refractivity contribution in [3.8, 4) is 5.75 Å². The number of nitrogens with one attached hydrogen (secondary N) is 2. The lowest BCUT2D eigenvalue weighted by Gasteiger charge is -2.17. The largest absolute Gasteiger partial charge is 0.481 e. The zero-order valence-electron chi connectivity index (χ0n) is 18.7. The molecule has 0 aliphatic carbocycles. The SMILES string of the molecule is CCc1ccccc1OC(C)C(=O)Nc1ccc(S(=O)(=O)Nc2ccc(C)cc2C)cc1. The average molecular weight is 453 g/mol. The van der Waals surface area contributed by atoms with Gasteiger partial charge >= 0.3 is 0 Å². The second-order valence-electron chi connectivity index (χ2n) is 7.66. The van der Waals surface area contributed by atoms with E-state index in [9.17, 15) is 13.2 Å². The molecule has 3 rings (SSSR count). The maximum atomic E-state index is 12.7. The minimum absolute atomic E-state index is 0.108. The van der Waals surface area contributed by atoms with Crippen LogP contribution in [0.1, 0.15) is 30.5 Å². The summed E-state index contributed by atoms with van der Waals surface area (Å²) in [5, 5.41) is 2.76. The maximum absolute atomic E-state index is 12.7. The number of hydrogen-bond donors (Lipinski definition) is 2. The smallest absolute Gasteiger partial charge is 0.265 e. The second kappa shape index (κ2) is 9.87. The molecule has 0 spiro atoms. The summed E-state index contributed by atoms with van der Waals surface area (Å²) < 4.78 is 33.9. The second-order valence-corrected chi connectivity index (χ2v) is 9.34. The number of amides is 1. The van der Waals surface area contributed by atoms with Gasteiger partial charge in [0.05, 0.1) is 10.6 Å². The monoisotopic (exact) mass is 452 g/mol. The molecule has 168 valence electrons. The molecule has 0 heterocycles. The molecule has 0 fully saturated rings. The van der Waals surface area contributed by atoms with Gasteiger partial charge in [0, 0.05) is 5.69 Å². The first kappa shape index (κ1) is 23.3. The molecule has 1 unspecified atom stereocenters. The van der Waals surface area contributed by atoms with E-state index >= 15 is 0 Å². The van der Waals surface area contributed by atoms with Crippen LogP contribution in [-0.4, -0.2) is 20.4 Å². The molecule has 32 heavy (non-hydrogen) atoms. The number of sulfonamides is 1. The van der Waals surface area contributed by atoms with Crippen LogP contribution in [0.3, 0.4) is 0 Å². The number of aryl methyl sites for hydroxylation is 3. The van der Waals surface area contributed by atoms with Crippen molar-refractivity contribution in [2.75, 3.05) is 10.0 Å². The molecule has 7 heteroatoms. The van der Waals surface area contributed by atoms with Crippen LogP contribution >= 0.6 is 0 Å². The Morgan fingerprint density at radius 3 is 2.34 bits per heavy atom. The fourth-order valence-corrected chi connectivity index (χ4v) is 4.38. The van der Waals surface area contributed by atoms with Gasteiger partial charge < -0.3 is 10.1 Å². The van der Waals surface area contributed by atoms with Crippen molar-refractivity contribution in [3.63, 3.8) is 0 Å². The molecule has 0 aromatic heterocycles. The molecule has 0 radical (unpaired) electrons. The Morgan fingerprint density at radius 1 is 1.00 bits per heavy atom. The van der Waals surface area contributed by atoms with Crippen molar-refractivity contribution in [1.82, 2.24) is 0 Å². The highest BCUT2D eigenvalue weighted by Crippen LogP contribution is 2.23. The maximum Gasteiger partial charge on any atom is 0.265 e. The van der Waals surface area contributed by atoms with Crippen LogP contribution in [0.4, 0.5) is 11.4 Å². The molecular weight excluding hydrogens is 424 g/mol. The van der Waals surface area contributed by atoms with Crippen LogP contribution < -0.4 is 14.8 Å². The summed E-state index contributed by atoms with van der Waals surface area (Å²) in [6.07, 6.45) is 0.0913. The normalized spacial score (nSPS) is 12.1. The highest BCUT2D eigenvalue weighted by molar-refractivity contribution is 7.92. The Kier molecular flexibility index (Phi) is 7.20. The molecule has 0 bridgehead atoms. The van der Waals surface area contributed by atoms with Crippen molar-refractivity contribution in [3.05, 3.63) is 83.4 Å². The Morgan fingerprint density at radius 2 is 1.69 bits per heavy atom. The predicted molar refractivity (Wildman–Crippen MR) is 128 cm³/mol. The van der Waals surface area contributed by atoms with Crippen molar-refractivity contribution in [1.29, 1.82) is 0 Å². The third-order valence-corrected chi connectivity index (χ3v) is 6.47. The molecule has 0 aliphatic rings. The van der Waals surface area contributed by atoms with Gasteiger partial charge in [0.25, 0.3) is 15.9 Å². The van der Waals surface area contributed by atoms with Gasteiger partial charge in [0.1, 0.15) is 5.75 Å². The third-order valence-electron chi connectivity index (χ3n) is 5.08. The average Bonchev–Trinajstić information content (AvgIpc) is 2.76. The molecule has 0 saturated carbocycles. The van der Waals surface area contributed by atoms with Crippen LogP contribution in [0.2, 0.25) is 0 Å². The Hall–Kier alpha value is -3.32. The Balaban J connectivity index is 1.66. The number of anilines is 2. The highest BCUT2D eigenvalue weighted by Gasteiger charge is 2.18. The first-order chi connectivity index (χ1) is 15.2. The summed E-state index contributed by atoms with van der Waals surface area (Å²) in [6.45, 7) is 7.50. The minimum atomic E-state index is -3.75. The van der Waals surface area contributed by atoms with Gasteiger partial charge in [0.2, 0.25) is 0 Å². The molecule has 3 aromatic carbocycles. The quantitative estimate of drug-likeness (QED) is 0.500. The van der Waals surface area contributed by atoms with Gasteiger partial charge in [-0.3, -0.25) is 9.52 Å². The summed E-state index contributed by atoms with van der Waals surface area (Å²) in [6, 6.07) is 19.1. The zero-order valence-corrected chi connectivity index (χ0v) is 19.5. The van der Waals surface area contributed by atoms with E-state index in [0.717, 1.165) is 23.1 Å². The van der Waals surface area contributed by atoms with Crippen LogP contribution in [-0.2, 0) is 21.2 Å². The standard InChI is InChI=1S/C25H28N2O4S/c1-5-20-8-6-7-9-24(20)31-19(4)25(28)26-21-11-13-22(14-12-21)32(29,30)27-23-15-10-17(2)16-18(23)3/h6-16,19,27H,5H2,1-4H3,(H,26,28). The van der Waals surface area contributed by atoms with E-state index in [-0.39, 0.29) is 10.8 Å². The predicted octanol–water partition coefficient (Wildman–Crippen LogP) is 5.07. The first-order valence-electron chi connectivity index (χ1n) is 10.4. The fraction of sp³-hybridized carbons (Fsp3) is 0.240. The van der Waals surface area contributed by atoms with Crippen molar-refractivity contribution >= 4 is 27.3 Å². The fourth-order valence-electron chi connectivity index (χ4n) is 3.25. The van der Waals surface area contributed by atoms with Gasteiger partial charge in [0.15, 0.2) is 6.10 Å². The lowest BCUT2D eigenvalue weighted by Crippen LogP contribution is -2.30. The number of carbonyl (C=O) groups is 1. The third kappa shape index (κ3) is 5.68. The summed E-state index contributed by atoms with van der Waals surface area (Å²) in [5.41, 5.74) is 3.95. The van der Waals surface area contributed by atoms with Crippen LogP contribution in [0, 0.1) is 13.8 Å². The van der Waals surface area contributed by atoms with E-state index in [0.29, 0.717) is 17.1 Å². The van der Waals surface area contributed by atoms with E-state index < -0.39 is 16.1 Å². The van der Waals surface area contributed by atoms with Crippen LogP contribution in [0.25, 0.3) is 0 Å². The zero-order chi connectivity index (χ0) is 23.3. The number of benzene rings is 3. The van der Waals surface area contributed by atoms with Gasteiger partial charge in [-0.15, -0.1) is 0 Å². The first-order valence-corrected chi connectivity index (χ1v) is 11.9. The molecule has 0 aliphatic heterocycles. The van der Waals surface area contributed by atoms with Crippen LogP contribution in [0.5, 0.6) is 5.75 Å².